The third-order valence-electron chi connectivity index (χ3n) is 3.00. The normalized spacial score (nSPS) is 11.2. The molecule has 0 spiro atoms. The standard InChI is InChI=1S/C13H18N4O2/c1-9(2)6-8-15-12(18)17-10-5-4-7-14-11(10)16(3)13(17)19/h4-5,7,9H,6,8H2,1-3H3,(H,15,18). The van der Waals surface area contributed by atoms with Gasteiger partial charge in [0.2, 0.25) is 0 Å². The van der Waals surface area contributed by atoms with Crippen molar-refractivity contribution in [3.8, 4) is 0 Å². The van der Waals surface area contributed by atoms with E-state index < -0.39 is 6.03 Å². The molecule has 0 radical (unpaired) electrons. The number of nitrogens with one attached hydrogen (secondary N) is 1. The zero-order chi connectivity index (χ0) is 14.0. The number of imidazole rings is 1. The summed E-state index contributed by atoms with van der Waals surface area (Å²) in [4.78, 5) is 28.3. The van der Waals surface area contributed by atoms with Crippen molar-refractivity contribution in [3.05, 3.63) is 28.8 Å². The number of aryl methyl sites for hydroxylation is 1. The lowest BCUT2D eigenvalue weighted by atomic mass is 10.1. The first-order chi connectivity index (χ1) is 9.02. The van der Waals surface area contributed by atoms with Crippen molar-refractivity contribution < 1.29 is 4.79 Å². The number of pyridine rings is 1. The maximum Gasteiger partial charge on any atom is 0.338 e. The first kappa shape index (κ1) is 13.3. The van der Waals surface area contributed by atoms with Crippen LogP contribution in [0.15, 0.2) is 23.1 Å². The van der Waals surface area contributed by atoms with Gasteiger partial charge in [0.05, 0.1) is 5.52 Å². The number of amides is 1. The molecule has 2 aromatic rings. The van der Waals surface area contributed by atoms with Gasteiger partial charge < -0.3 is 5.32 Å². The molecule has 0 aliphatic rings. The third-order valence-corrected chi connectivity index (χ3v) is 3.00. The summed E-state index contributed by atoms with van der Waals surface area (Å²) in [7, 11) is 1.61. The van der Waals surface area contributed by atoms with Gasteiger partial charge in [-0.1, -0.05) is 13.8 Å². The highest BCUT2D eigenvalue weighted by Crippen LogP contribution is 2.07. The van der Waals surface area contributed by atoms with Gasteiger partial charge in [-0.25, -0.2) is 19.1 Å². The number of fused-ring (bicyclic) bond motifs is 1. The smallest absolute Gasteiger partial charge is 0.337 e. The molecule has 0 aliphatic heterocycles. The van der Waals surface area contributed by atoms with Gasteiger partial charge in [-0.05, 0) is 24.5 Å². The summed E-state index contributed by atoms with van der Waals surface area (Å²) in [5, 5.41) is 2.76. The summed E-state index contributed by atoms with van der Waals surface area (Å²) in [5.74, 6) is 0.506. The van der Waals surface area contributed by atoms with Crippen LogP contribution in [-0.4, -0.2) is 26.7 Å². The van der Waals surface area contributed by atoms with Crippen LogP contribution in [-0.2, 0) is 7.05 Å². The van der Waals surface area contributed by atoms with Crippen LogP contribution in [0.5, 0.6) is 0 Å². The van der Waals surface area contributed by atoms with E-state index in [1.54, 1.807) is 25.4 Å². The molecular weight excluding hydrogens is 244 g/mol. The maximum atomic E-state index is 12.1. The Labute approximate surface area is 111 Å². The molecular formula is C13H18N4O2. The van der Waals surface area contributed by atoms with Crippen LogP contribution < -0.4 is 11.0 Å². The Balaban J connectivity index is 2.32. The molecule has 2 heterocycles. The molecule has 0 fully saturated rings. The fraction of sp³-hybridized carbons (Fsp3) is 0.462. The Morgan fingerprint density at radius 2 is 2.21 bits per heavy atom. The average molecular weight is 262 g/mol. The van der Waals surface area contributed by atoms with Crippen LogP contribution in [0, 0.1) is 5.92 Å². The van der Waals surface area contributed by atoms with E-state index in [1.165, 1.54) is 4.57 Å². The van der Waals surface area contributed by atoms with Crippen molar-refractivity contribution in [3.63, 3.8) is 0 Å². The van der Waals surface area contributed by atoms with Gasteiger partial charge in [0, 0.05) is 19.8 Å². The Morgan fingerprint density at radius 3 is 2.89 bits per heavy atom. The predicted molar refractivity (Wildman–Crippen MR) is 73.2 cm³/mol. The first-order valence-corrected chi connectivity index (χ1v) is 6.33. The quantitative estimate of drug-likeness (QED) is 0.907. The molecule has 19 heavy (non-hydrogen) atoms. The molecule has 2 rings (SSSR count). The molecule has 2 aromatic heterocycles. The molecule has 1 amide bonds. The number of hydrogen-bond acceptors (Lipinski definition) is 3. The Bertz CT molecular complexity index is 654. The summed E-state index contributed by atoms with van der Waals surface area (Å²) in [6.07, 6.45) is 2.48. The largest absolute Gasteiger partial charge is 0.338 e. The van der Waals surface area contributed by atoms with Crippen molar-refractivity contribution in [2.45, 2.75) is 20.3 Å². The number of carbonyl (C=O) groups is 1. The van der Waals surface area contributed by atoms with Crippen LogP contribution in [0.2, 0.25) is 0 Å². The molecule has 0 aromatic carbocycles. The number of nitrogens with zero attached hydrogens (tertiary/aromatic N) is 3. The summed E-state index contributed by atoms with van der Waals surface area (Å²) in [6, 6.07) is 3.02. The highest BCUT2D eigenvalue weighted by molar-refractivity contribution is 5.87. The van der Waals surface area contributed by atoms with E-state index >= 15 is 0 Å². The Kier molecular flexibility index (Phi) is 3.69. The molecule has 6 heteroatoms. The average Bonchev–Trinajstić information content (AvgIpc) is 2.62. The molecule has 0 saturated carbocycles. The first-order valence-electron chi connectivity index (χ1n) is 6.33. The fourth-order valence-electron chi connectivity index (χ4n) is 1.91. The van der Waals surface area contributed by atoms with Crippen LogP contribution in [0.4, 0.5) is 4.79 Å². The molecule has 0 atom stereocenters. The monoisotopic (exact) mass is 262 g/mol. The van der Waals surface area contributed by atoms with Gasteiger partial charge in [-0.15, -0.1) is 0 Å². The van der Waals surface area contributed by atoms with Gasteiger partial charge in [0.1, 0.15) is 0 Å². The van der Waals surface area contributed by atoms with Gasteiger partial charge in [-0.2, -0.15) is 0 Å². The minimum atomic E-state index is -0.399. The zero-order valence-electron chi connectivity index (χ0n) is 11.4. The van der Waals surface area contributed by atoms with Crippen LogP contribution in [0.25, 0.3) is 11.2 Å². The topological polar surface area (TPSA) is 68.9 Å². The fourth-order valence-corrected chi connectivity index (χ4v) is 1.91. The van der Waals surface area contributed by atoms with Crippen molar-refractivity contribution in [1.29, 1.82) is 0 Å². The van der Waals surface area contributed by atoms with Crippen molar-refractivity contribution >= 4 is 17.2 Å². The number of hydrogen-bond donors (Lipinski definition) is 1. The van der Waals surface area contributed by atoms with Gasteiger partial charge in [-0.3, -0.25) is 4.57 Å². The molecule has 1 N–H and O–H groups in total. The van der Waals surface area contributed by atoms with E-state index in [-0.39, 0.29) is 5.69 Å². The van der Waals surface area contributed by atoms with E-state index in [9.17, 15) is 9.59 Å². The molecule has 0 unspecified atom stereocenters. The summed E-state index contributed by atoms with van der Waals surface area (Å²) < 4.78 is 2.50. The molecule has 102 valence electrons. The lowest BCUT2D eigenvalue weighted by molar-refractivity contribution is 0.241. The lowest BCUT2D eigenvalue weighted by Gasteiger charge is -2.07. The Morgan fingerprint density at radius 1 is 1.47 bits per heavy atom. The third kappa shape index (κ3) is 2.52. The van der Waals surface area contributed by atoms with Crippen molar-refractivity contribution in [2.75, 3.05) is 6.54 Å². The molecule has 0 bridgehead atoms. The van der Waals surface area contributed by atoms with Gasteiger partial charge in [0.25, 0.3) is 0 Å². The van der Waals surface area contributed by atoms with Gasteiger partial charge in [0.15, 0.2) is 5.65 Å². The zero-order valence-corrected chi connectivity index (χ0v) is 11.4. The Hall–Kier alpha value is -2.11. The summed E-state index contributed by atoms with van der Waals surface area (Å²) in [5.41, 5.74) is 0.652. The van der Waals surface area contributed by atoms with E-state index in [1.807, 2.05) is 0 Å². The van der Waals surface area contributed by atoms with Gasteiger partial charge >= 0.3 is 11.7 Å². The summed E-state index contributed by atoms with van der Waals surface area (Å²) in [6.45, 7) is 4.72. The second-order valence-corrected chi connectivity index (χ2v) is 4.94. The number of rotatable bonds is 3. The van der Waals surface area contributed by atoms with Crippen LogP contribution >= 0.6 is 0 Å². The second-order valence-electron chi connectivity index (χ2n) is 4.94. The molecule has 0 aliphatic carbocycles. The molecule has 6 nitrogen and oxygen atoms in total. The second kappa shape index (κ2) is 5.26. The minimum absolute atomic E-state index is 0.379. The highest BCUT2D eigenvalue weighted by atomic mass is 16.2. The van der Waals surface area contributed by atoms with Crippen molar-refractivity contribution in [2.24, 2.45) is 13.0 Å². The van der Waals surface area contributed by atoms with Crippen molar-refractivity contribution in [1.82, 2.24) is 19.4 Å². The van der Waals surface area contributed by atoms with E-state index in [0.29, 0.717) is 23.6 Å². The van der Waals surface area contributed by atoms with Crippen LogP contribution in [0.3, 0.4) is 0 Å². The molecule has 0 saturated heterocycles. The highest BCUT2D eigenvalue weighted by Gasteiger charge is 2.16. The van der Waals surface area contributed by atoms with Crippen LogP contribution in [0.1, 0.15) is 20.3 Å². The maximum absolute atomic E-state index is 12.1. The SMILES string of the molecule is CC(C)CCNC(=O)n1c(=O)n(C)c2ncccc21. The lowest BCUT2D eigenvalue weighted by Crippen LogP contribution is -2.37. The summed E-state index contributed by atoms with van der Waals surface area (Å²) >= 11 is 0. The number of carbonyl (C=O) groups excluding carboxylic acids is 1. The minimum Gasteiger partial charge on any atom is -0.337 e. The van der Waals surface area contributed by atoms with E-state index in [4.69, 9.17) is 0 Å². The predicted octanol–water partition coefficient (Wildman–Crippen LogP) is 1.34. The van der Waals surface area contributed by atoms with E-state index in [0.717, 1.165) is 11.0 Å². The van der Waals surface area contributed by atoms with E-state index in [2.05, 4.69) is 24.1 Å². The number of aromatic nitrogens is 3.